The highest BCUT2D eigenvalue weighted by molar-refractivity contribution is 6.07. The molecule has 6 rings (SSSR count). The van der Waals surface area contributed by atoms with E-state index >= 15 is 0 Å². The maximum atomic E-state index is 13.9. The van der Waals surface area contributed by atoms with E-state index < -0.39 is 5.54 Å². The zero-order chi connectivity index (χ0) is 23.8. The number of aromatic nitrogens is 1. The topological polar surface area (TPSA) is 56.8 Å². The van der Waals surface area contributed by atoms with Gasteiger partial charge < -0.3 is 4.90 Å². The van der Waals surface area contributed by atoms with E-state index in [2.05, 4.69) is 34.1 Å². The molecule has 0 radical (unpaired) electrons. The second-order valence-corrected chi connectivity index (χ2v) is 9.97. The lowest BCUT2D eigenvalue weighted by Crippen LogP contribution is -2.57. The van der Waals surface area contributed by atoms with Crippen LogP contribution in [0.2, 0.25) is 0 Å². The largest absolute Gasteiger partial charge is 0.328 e. The molecule has 3 heterocycles. The molecular formula is C29H30N4O2. The lowest BCUT2D eigenvalue weighted by atomic mass is 9.84. The normalized spacial score (nSPS) is 20.1. The van der Waals surface area contributed by atoms with Crippen LogP contribution >= 0.6 is 0 Å². The summed E-state index contributed by atoms with van der Waals surface area (Å²) in [4.78, 5) is 37.8. The predicted octanol–water partition coefficient (Wildman–Crippen LogP) is 4.05. The molecule has 2 aliphatic heterocycles. The molecule has 0 N–H and O–H groups in total. The predicted molar refractivity (Wildman–Crippen MR) is 133 cm³/mol. The van der Waals surface area contributed by atoms with Gasteiger partial charge in [0.05, 0.1) is 12.2 Å². The van der Waals surface area contributed by atoms with Gasteiger partial charge in [-0.1, -0.05) is 60.7 Å². The zero-order valence-corrected chi connectivity index (χ0v) is 19.8. The number of carbonyl (C=O) groups is 2. The number of imide groups is 1. The Labute approximate surface area is 206 Å². The number of piperidine rings is 1. The number of rotatable bonds is 5. The van der Waals surface area contributed by atoms with Crippen molar-refractivity contribution in [2.24, 2.45) is 0 Å². The Kier molecular flexibility index (Phi) is 5.61. The average Bonchev–Trinajstić information content (AvgIpc) is 3.41. The molecule has 2 aromatic carbocycles. The second kappa shape index (κ2) is 8.93. The first kappa shape index (κ1) is 22.0. The van der Waals surface area contributed by atoms with E-state index in [-0.39, 0.29) is 18.5 Å². The van der Waals surface area contributed by atoms with Gasteiger partial charge in [-0.3, -0.25) is 19.6 Å². The van der Waals surface area contributed by atoms with Gasteiger partial charge in [-0.25, -0.2) is 4.79 Å². The molecule has 0 unspecified atom stereocenters. The van der Waals surface area contributed by atoms with Gasteiger partial charge in [0.15, 0.2) is 0 Å². The minimum absolute atomic E-state index is 0.0709. The lowest BCUT2D eigenvalue weighted by Gasteiger charge is -2.44. The number of carbonyl (C=O) groups excluding carboxylic acids is 2. The molecule has 1 spiro atoms. The van der Waals surface area contributed by atoms with E-state index in [1.807, 2.05) is 53.4 Å². The Bertz CT molecular complexity index is 1200. The number of amides is 3. The minimum atomic E-state index is -0.788. The van der Waals surface area contributed by atoms with Crippen LogP contribution in [0.4, 0.5) is 4.79 Å². The second-order valence-electron chi connectivity index (χ2n) is 9.97. The molecule has 1 aliphatic carbocycles. The van der Waals surface area contributed by atoms with Gasteiger partial charge in [-0.05, 0) is 54.5 Å². The highest BCUT2D eigenvalue weighted by Gasteiger charge is 2.58. The van der Waals surface area contributed by atoms with Gasteiger partial charge in [-0.15, -0.1) is 0 Å². The van der Waals surface area contributed by atoms with Crippen molar-refractivity contribution in [1.82, 2.24) is 19.7 Å². The first-order chi connectivity index (χ1) is 17.1. The Morgan fingerprint density at radius 1 is 0.800 bits per heavy atom. The maximum absolute atomic E-state index is 13.9. The molecule has 3 aliphatic rings. The van der Waals surface area contributed by atoms with Crippen LogP contribution in [0.1, 0.15) is 35.2 Å². The third-order valence-electron chi connectivity index (χ3n) is 8.02. The Balaban J connectivity index is 1.24. The summed E-state index contributed by atoms with van der Waals surface area (Å²) >= 11 is 0. The fourth-order valence-electron chi connectivity index (χ4n) is 6.10. The van der Waals surface area contributed by atoms with E-state index in [1.165, 1.54) is 16.0 Å². The van der Waals surface area contributed by atoms with Gasteiger partial charge in [0, 0.05) is 31.9 Å². The molecule has 6 nitrogen and oxygen atoms in total. The van der Waals surface area contributed by atoms with Gasteiger partial charge in [0.1, 0.15) is 5.54 Å². The highest BCUT2D eigenvalue weighted by atomic mass is 16.2. The van der Waals surface area contributed by atoms with Crippen LogP contribution in [0, 0.1) is 0 Å². The van der Waals surface area contributed by atoms with E-state index in [4.69, 9.17) is 0 Å². The van der Waals surface area contributed by atoms with E-state index in [0.717, 1.165) is 37.2 Å². The van der Waals surface area contributed by atoms with Crippen molar-refractivity contribution >= 4 is 11.9 Å². The lowest BCUT2D eigenvalue weighted by molar-refractivity contribution is -0.136. The number of nitrogens with zero attached hydrogens (tertiary/aromatic N) is 4. The van der Waals surface area contributed by atoms with Crippen molar-refractivity contribution in [1.29, 1.82) is 0 Å². The molecule has 2 fully saturated rings. The van der Waals surface area contributed by atoms with Gasteiger partial charge in [-0.2, -0.15) is 0 Å². The van der Waals surface area contributed by atoms with Gasteiger partial charge in [0.25, 0.3) is 5.91 Å². The van der Waals surface area contributed by atoms with Gasteiger partial charge in [0.2, 0.25) is 0 Å². The monoisotopic (exact) mass is 466 g/mol. The third kappa shape index (κ3) is 3.92. The third-order valence-corrected chi connectivity index (χ3v) is 8.02. The van der Waals surface area contributed by atoms with Crippen LogP contribution in [0.25, 0.3) is 0 Å². The SMILES string of the molecule is O=C1N(Cc2ccccn2)C(=O)C2(CCN(C3Cc4ccccc4C3)CC2)N1Cc1ccccc1. The fraction of sp³-hybridized carbons (Fsp3) is 0.345. The molecule has 0 bridgehead atoms. The molecule has 3 aromatic rings. The van der Waals surface area contributed by atoms with Gasteiger partial charge >= 0.3 is 6.03 Å². The van der Waals surface area contributed by atoms with Crippen LogP contribution in [-0.2, 0) is 30.7 Å². The van der Waals surface area contributed by atoms with Crippen molar-refractivity contribution in [3.63, 3.8) is 0 Å². The molecule has 178 valence electrons. The number of hydrogen-bond donors (Lipinski definition) is 0. The van der Waals surface area contributed by atoms with Crippen LogP contribution in [0.3, 0.4) is 0 Å². The van der Waals surface area contributed by atoms with Crippen LogP contribution in [-0.4, -0.2) is 56.3 Å². The Hall–Kier alpha value is -3.51. The number of benzene rings is 2. The number of pyridine rings is 1. The molecule has 2 saturated heterocycles. The number of likely N-dealkylation sites (tertiary alicyclic amines) is 1. The molecule has 0 saturated carbocycles. The van der Waals surface area contributed by atoms with Crippen LogP contribution < -0.4 is 0 Å². The number of hydrogen-bond acceptors (Lipinski definition) is 4. The summed E-state index contributed by atoms with van der Waals surface area (Å²) in [6.45, 7) is 2.30. The number of fused-ring (bicyclic) bond motifs is 1. The average molecular weight is 467 g/mol. The molecule has 35 heavy (non-hydrogen) atoms. The summed E-state index contributed by atoms with van der Waals surface area (Å²) in [7, 11) is 0. The summed E-state index contributed by atoms with van der Waals surface area (Å²) in [5, 5.41) is 0. The first-order valence-corrected chi connectivity index (χ1v) is 12.5. The van der Waals surface area contributed by atoms with E-state index in [0.29, 0.717) is 25.4 Å². The van der Waals surface area contributed by atoms with Crippen LogP contribution in [0.5, 0.6) is 0 Å². The summed E-state index contributed by atoms with van der Waals surface area (Å²) in [6, 6.07) is 24.6. The fourth-order valence-corrected chi connectivity index (χ4v) is 6.10. The highest BCUT2D eigenvalue weighted by Crippen LogP contribution is 2.40. The van der Waals surface area contributed by atoms with E-state index in [1.54, 1.807) is 6.20 Å². The summed E-state index contributed by atoms with van der Waals surface area (Å²) in [6.07, 6.45) is 5.16. The van der Waals surface area contributed by atoms with Crippen molar-refractivity contribution in [2.75, 3.05) is 13.1 Å². The van der Waals surface area contributed by atoms with Crippen molar-refractivity contribution < 1.29 is 9.59 Å². The summed E-state index contributed by atoms with van der Waals surface area (Å²) in [5.74, 6) is -0.0709. The Morgan fingerprint density at radius 2 is 1.46 bits per heavy atom. The quantitative estimate of drug-likeness (QED) is 0.533. The van der Waals surface area contributed by atoms with E-state index in [9.17, 15) is 9.59 Å². The minimum Gasteiger partial charge on any atom is -0.305 e. The zero-order valence-electron chi connectivity index (χ0n) is 19.8. The standard InChI is InChI=1S/C29H30N4O2/c34-27-29(13-16-31(17-14-29)26-18-23-10-4-5-11-24(23)19-26)33(20-22-8-2-1-3-9-22)28(35)32(27)21-25-12-6-7-15-30-25/h1-12,15,26H,13-14,16-21H2. The molecular weight excluding hydrogens is 436 g/mol. The smallest absolute Gasteiger partial charge is 0.305 e. The summed E-state index contributed by atoms with van der Waals surface area (Å²) < 4.78 is 0. The molecule has 6 heteroatoms. The van der Waals surface area contributed by atoms with Crippen molar-refractivity contribution in [3.8, 4) is 0 Å². The Morgan fingerprint density at radius 3 is 2.11 bits per heavy atom. The summed E-state index contributed by atoms with van der Waals surface area (Å²) in [5.41, 5.74) is 3.87. The maximum Gasteiger partial charge on any atom is 0.328 e. The first-order valence-electron chi connectivity index (χ1n) is 12.5. The molecule has 0 atom stereocenters. The van der Waals surface area contributed by atoms with Crippen molar-refractivity contribution in [2.45, 2.75) is 50.4 Å². The number of urea groups is 1. The molecule has 3 amide bonds. The van der Waals surface area contributed by atoms with Crippen molar-refractivity contribution in [3.05, 3.63) is 101 Å². The van der Waals surface area contributed by atoms with Crippen LogP contribution in [0.15, 0.2) is 79.0 Å². The molecule has 1 aromatic heterocycles.